The van der Waals surface area contributed by atoms with Crippen LogP contribution in [0.25, 0.3) is 0 Å². The zero-order valence-corrected chi connectivity index (χ0v) is 9.72. The molecule has 0 amide bonds. The number of nitrogens with zero attached hydrogens (tertiary/aromatic N) is 1. The van der Waals surface area contributed by atoms with E-state index in [1.807, 2.05) is 0 Å². The van der Waals surface area contributed by atoms with Crippen molar-refractivity contribution in [1.29, 1.82) is 0 Å². The van der Waals surface area contributed by atoms with Crippen molar-refractivity contribution in [3.8, 4) is 0 Å². The summed E-state index contributed by atoms with van der Waals surface area (Å²) in [6.07, 6.45) is 3.57. The Labute approximate surface area is 99.0 Å². The lowest BCUT2D eigenvalue weighted by Gasteiger charge is -2.12. The number of ether oxygens (including phenoxy) is 2. The molecule has 0 radical (unpaired) electrons. The molecule has 0 bridgehead atoms. The maximum absolute atomic E-state index is 11.6. The number of carbonyl (C=O) groups is 1. The first-order valence-corrected chi connectivity index (χ1v) is 5.61. The Balaban J connectivity index is 2.19. The molecule has 5 heteroatoms. The normalized spacial score (nSPS) is 19.2. The van der Waals surface area contributed by atoms with Gasteiger partial charge in [0.15, 0.2) is 0 Å². The minimum atomic E-state index is -0.439. The molecule has 1 aliphatic rings. The minimum Gasteiger partial charge on any atom is -0.465 e. The zero-order valence-electron chi connectivity index (χ0n) is 9.72. The number of carbonyl (C=O) groups excluding carboxylic acids is 1. The SMILES string of the molecule is COC(=O)c1ccc(=O)n(CC2CCCO2)c1. The van der Waals surface area contributed by atoms with Crippen LogP contribution >= 0.6 is 0 Å². The predicted octanol–water partition coefficient (Wildman–Crippen LogP) is 0.814. The molecule has 17 heavy (non-hydrogen) atoms. The molecule has 2 rings (SSSR count). The number of hydrogen-bond donors (Lipinski definition) is 0. The molecular formula is C12H15NO4. The molecule has 1 aromatic rings. The Morgan fingerprint density at radius 2 is 2.41 bits per heavy atom. The maximum atomic E-state index is 11.6. The molecule has 0 aliphatic carbocycles. The van der Waals surface area contributed by atoms with Gasteiger partial charge in [0.1, 0.15) is 0 Å². The van der Waals surface area contributed by atoms with Gasteiger partial charge in [0, 0.05) is 18.9 Å². The lowest BCUT2D eigenvalue weighted by Crippen LogP contribution is -2.26. The van der Waals surface area contributed by atoms with Crippen molar-refractivity contribution in [3.05, 3.63) is 34.2 Å². The van der Waals surface area contributed by atoms with Gasteiger partial charge in [-0.3, -0.25) is 4.79 Å². The van der Waals surface area contributed by atoms with E-state index in [1.165, 1.54) is 30.0 Å². The lowest BCUT2D eigenvalue weighted by molar-refractivity contribution is 0.0598. The number of methoxy groups -OCH3 is 1. The smallest absolute Gasteiger partial charge is 0.339 e. The second-order valence-corrected chi connectivity index (χ2v) is 4.03. The van der Waals surface area contributed by atoms with Crippen LogP contribution in [0.4, 0.5) is 0 Å². The number of hydrogen-bond acceptors (Lipinski definition) is 4. The summed E-state index contributed by atoms with van der Waals surface area (Å²) in [5.74, 6) is -0.439. The molecule has 0 spiro atoms. The Kier molecular flexibility index (Phi) is 3.58. The third-order valence-electron chi connectivity index (χ3n) is 2.83. The predicted molar refractivity (Wildman–Crippen MR) is 61.0 cm³/mol. The van der Waals surface area contributed by atoms with E-state index in [9.17, 15) is 9.59 Å². The van der Waals surface area contributed by atoms with Crippen molar-refractivity contribution >= 4 is 5.97 Å². The third-order valence-corrected chi connectivity index (χ3v) is 2.83. The van der Waals surface area contributed by atoms with E-state index < -0.39 is 5.97 Å². The molecule has 0 N–H and O–H groups in total. The van der Waals surface area contributed by atoms with Gasteiger partial charge in [0.25, 0.3) is 5.56 Å². The molecule has 1 aromatic heterocycles. The summed E-state index contributed by atoms with van der Waals surface area (Å²) in [4.78, 5) is 23.0. The Hall–Kier alpha value is -1.62. The van der Waals surface area contributed by atoms with Gasteiger partial charge in [-0.1, -0.05) is 0 Å². The summed E-state index contributed by atoms with van der Waals surface area (Å²) in [5, 5.41) is 0. The highest BCUT2D eigenvalue weighted by Gasteiger charge is 2.17. The van der Waals surface area contributed by atoms with Gasteiger partial charge in [0.2, 0.25) is 0 Å². The molecule has 5 nitrogen and oxygen atoms in total. The van der Waals surface area contributed by atoms with Crippen molar-refractivity contribution in [3.63, 3.8) is 0 Å². The zero-order chi connectivity index (χ0) is 12.3. The van der Waals surface area contributed by atoms with Gasteiger partial charge < -0.3 is 14.0 Å². The topological polar surface area (TPSA) is 57.5 Å². The van der Waals surface area contributed by atoms with Crippen LogP contribution < -0.4 is 5.56 Å². The summed E-state index contributed by atoms with van der Waals surface area (Å²) in [7, 11) is 1.32. The van der Waals surface area contributed by atoms with Crippen LogP contribution in [-0.2, 0) is 16.0 Å². The summed E-state index contributed by atoms with van der Waals surface area (Å²) in [5.41, 5.74) is 0.248. The van der Waals surface area contributed by atoms with Gasteiger partial charge in [0.05, 0.1) is 25.3 Å². The van der Waals surface area contributed by atoms with Crippen molar-refractivity contribution in [2.24, 2.45) is 0 Å². The second-order valence-electron chi connectivity index (χ2n) is 4.03. The van der Waals surface area contributed by atoms with Gasteiger partial charge in [-0.25, -0.2) is 4.79 Å². The summed E-state index contributed by atoms with van der Waals surface area (Å²) < 4.78 is 11.6. The molecule has 92 valence electrons. The molecule has 1 fully saturated rings. The van der Waals surface area contributed by atoms with Crippen LogP contribution in [0.1, 0.15) is 23.2 Å². The van der Waals surface area contributed by atoms with E-state index in [0.29, 0.717) is 12.1 Å². The van der Waals surface area contributed by atoms with Gasteiger partial charge in [-0.05, 0) is 18.9 Å². The van der Waals surface area contributed by atoms with Crippen LogP contribution in [-0.4, -0.2) is 30.4 Å². The van der Waals surface area contributed by atoms with Crippen molar-refractivity contribution in [1.82, 2.24) is 4.57 Å². The molecule has 1 atom stereocenters. The molecule has 1 saturated heterocycles. The first-order valence-electron chi connectivity index (χ1n) is 5.61. The van der Waals surface area contributed by atoms with Crippen molar-refractivity contribution < 1.29 is 14.3 Å². The number of esters is 1. The average Bonchev–Trinajstić information content (AvgIpc) is 2.84. The highest BCUT2D eigenvalue weighted by molar-refractivity contribution is 5.88. The van der Waals surface area contributed by atoms with Crippen LogP contribution in [0.3, 0.4) is 0 Å². The molecular weight excluding hydrogens is 222 g/mol. The monoisotopic (exact) mass is 237 g/mol. The molecule has 0 saturated carbocycles. The van der Waals surface area contributed by atoms with Crippen LogP contribution in [0.15, 0.2) is 23.1 Å². The number of aromatic nitrogens is 1. The maximum Gasteiger partial charge on any atom is 0.339 e. The number of rotatable bonds is 3. The fraction of sp³-hybridized carbons (Fsp3) is 0.500. The highest BCUT2D eigenvalue weighted by atomic mass is 16.5. The third kappa shape index (κ3) is 2.74. The molecule has 2 heterocycles. The second kappa shape index (κ2) is 5.14. The molecule has 1 unspecified atom stereocenters. The van der Waals surface area contributed by atoms with Crippen molar-refractivity contribution in [2.45, 2.75) is 25.5 Å². The minimum absolute atomic E-state index is 0.0700. The quantitative estimate of drug-likeness (QED) is 0.730. The van der Waals surface area contributed by atoms with E-state index in [-0.39, 0.29) is 11.7 Å². The standard InChI is InChI=1S/C12H15NO4/c1-16-12(15)9-4-5-11(14)13(7-9)8-10-3-2-6-17-10/h4-5,7,10H,2-3,6,8H2,1H3. The average molecular weight is 237 g/mol. The van der Waals surface area contributed by atoms with E-state index in [4.69, 9.17) is 4.74 Å². The van der Waals surface area contributed by atoms with E-state index in [1.54, 1.807) is 0 Å². The Morgan fingerprint density at radius 1 is 1.59 bits per heavy atom. The van der Waals surface area contributed by atoms with Gasteiger partial charge >= 0.3 is 5.97 Å². The first-order chi connectivity index (χ1) is 8.20. The van der Waals surface area contributed by atoms with Crippen LogP contribution in [0.2, 0.25) is 0 Å². The van der Waals surface area contributed by atoms with Gasteiger partial charge in [-0.2, -0.15) is 0 Å². The summed E-state index contributed by atoms with van der Waals surface area (Å²) >= 11 is 0. The van der Waals surface area contributed by atoms with E-state index in [0.717, 1.165) is 19.4 Å². The first kappa shape index (κ1) is 11.9. The van der Waals surface area contributed by atoms with Crippen molar-refractivity contribution in [2.75, 3.05) is 13.7 Å². The summed E-state index contributed by atoms with van der Waals surface area (Å²) in [6, 6.07) is 2.85. The highest BCUT2D eigenvalue weighted by Crippen LogP contribution is 2.13. The van der Waals surface area contributed by atoms with E-state index >= 15 is 0 Å². The van der Waals surface area contributed by atoms with Crippen LogP contribution in [0, 0.1) is 0 Å². The lowest BCUT2D eigenvalue weighted by atomic mass is 10.2. The fourth-order valence-corrected chi connectivity index (χ4v) is 1.92. The largest absolute Gasteiger partial charge is 0.465 e. The Bertz CT molecular complexity index is 460. The van der Waals surface area contributed by atoms with Crippen LogP contribution in [0.5, 0.6) is 0 Å². The molecule has 1 aliphatic heterocycles. The van der Waals surface area contributed by atoms with E-state index in [2.05, 4.69) is 4.74 Å². The summed E-state index contributed by atoms with van der Waals surface area (Å²) in [6.45, 7) is 1.24. The van der Waals surface area contributed by atoms with Gasteiger partial charge in [-0.15, -0.1) is 0 Å². The molecule has 0 aromatic carbocycles. The fourth-order valence-electron chi connectivity index (χ4n) is 1.92. The number of pyridine rings is 1. The Morgan fingerprint density at radius 3 is 3.06 bits per heavy atom.